The molecule has 1 aliphatic carbocycles. The minimum atomic E-state index is -0.248. The van der Waals surface area contributed by atoms with Gasteiger partial charge in [-0.05, 0) is 37.8 Å². The van der Waals surface area contributed by atoms with Gasteiger partial charge >= 0.3 is 0 Å². The maximum atomic E-state index is 12.4. The molecule has 0 aromatic carbocycles. The molecule has 0 spiro atoms. The first-order valence-electron chi connectivity index (χ1n) is 7.17. The number of anilines is 1. The maximum Gasteiger partial charge on any atom is 0.290 e. The van der Waals surface area contributed by atoms with Gasteiger partial charge in [-0.1, -0.05) is 0 Å². The Balaban J connectivity index is 1.64. The van der Waals surface area contributed by atoms with E-state index in [1.807, 2.05) is 6.92 Å². The van der Waals surface area contributed by atoms with Crippen molar-refractivity contribution < 1.29 is 14.0 Å². The fraction of sp³-hybridized carbons (Fsp3) is 0.400. The Kier molecular flexibility index (Phi) is 4.24. The van der Waals surface area contributed by atoms with Crippen molar-refractivity contribution in [1.82, 2.24) is 9.88 Å². The molecule has 2 amide bonds. The molecule has 3 rings (SSSR count). The summed E-state index contributed by atoms with van der Waals surface area (Å²) in [6, 6.07) is 3.28. The second kappa shape index (κ2) is 6.31. The van der Waals surface area contributed by atoms with Crippen LogP contribution in [0, 0.1) is 12.8 Å². The van der Waals surface area contributed by atoms with Crippen LogP contribution in [0.25, 0.3) is 0 Å². The second-order valence-corrected chi connectivity index (χ2v) is 6.67. The Hall–Kier alpha value is -2.15. The average molecular weight is 319 g/mol. The number of rotatable bonds is 6. The minimum Gasteiger partial charge on any atom is -0.459 e. The number of nitrogens with zero attached hydrogens (tertiary/aromatic N) is 2. The van der Waals surface area contributed by atoms with Gasteiger partial charge in [-0.2, -0.15) is 0 Å². The number of aromatic nitrogens is 1. The van der Waals surface area contributed by atoms with Gasteiger partial charge in [0.15, 0.2) is 10.9 Å². The molecule has 1 fully saturated rings. The molecule has 2 aromatic rings. The van der Waals surface area contributed by atoms with E-state index in [4.69, 9.17) is 4.42 Å². The topological polar surface area (TPSA) is 75.4 Å². The predicted octanol–water partition coefficient (Wildman–Crippen LogP) is 2.54. The van der Waals surface area contributed by atoms with E-state index in [1.54, 1.807) is 23.2 Å². The zero-order valence-electron chi connectivity index (χ0n) is 12.2. The van der Waals surface area contributed by atoms with Gasteiger partial charge in [0.2, 0.25) is 5.91 Å². The third-order valence-electron chi connectivity index (χ3n) is 3.40. The second-order valence-electron chi connectivity index (χ2n) is 5.43. The SMILES string of the molecule is Cc1cnc(NC(=O)CN(CC2CC2)C(=O)c2ccco2)s1. The number of hydrogen-bond donors (Lipinski definition) is 1. The first-order chi connectivity index (χ1) is 10.6. The number of aryl methyl sites for hydroxylation is 1. The van der Waals surface area contributed by atoms with Crippen molar-refractivity contribution in [3.05, 3.63) is 35.2 Å². The molecule has 1 N–H and O–H groups in total. The smallest absolute Gasteiger partial charge is 0.290 e. The average Bonchev–Trinajstić information content (AvgIpc) is 2.97. The standard InChI is InChI=1S/C15H17N3O3S/c1-10-7-16-15(22-10)17-13(19)9-18(8-11-4-5-11)14(20)12-3-2-6-21-12/h2-3,6-7,11H,4-5,8-9H2,1H3,(H,16,17,19). The third kappa shape index (κ3) is 3.73. The maximum absolute atomic E-state index is 12.4. The molecule has 0 unspecified atom stereocenters. The first kappa shape index (κ1) is 14.8. The van der Waals surface area contributed by atoms with Gasteiger partial charge in [-0.15, -0.1) is 11.3 Å². The van der Waals surface area contributed by atoms with Crippen molar-refractivity contribution >= 4 is 28.3 Å². The van der Waals surface area contributed by atoms with Gasteiger partial charge in [0.1, 0.15) is 6.54 Å². The summed E-state index contributed by atoms with van der Waals surface area (Å²) in [5.74, 6) is 0.268. The molecule has 116 valence electrons. The summed E-state index contributed by atoms with van der Waals surface area (Å²) in [6.45, 7) is 2.52. The van der Waals surface area contributed by atoms with Crippen molar-refractivity contribution in [2.45, 2.75) is 19.8 Å². The number of nitrogens with one attached hydrogen (secondary N) is 1. The monoisotopic (exact) mass is 319 g/mol. The summed E-state index contributed by atoms with van der Waals surface area (Å²) in [7, 11) is 0. The molecule has 2 heterocycles. The van der Waals surface area contributed by atoms with E-state index >= 15 is 0 Å². The molecule has 0 radical (unpaired) electrons. The number of carbonyl (C=O) groups is 2. The van der Waals surface area contributed by atoms with Crippen LogP contribution >= 0.6 is 11.3 Å². The summed E-state index contributed by atoms with van der Waals surface area (Å²) in [5.41, 5.74) is 0. The molecule has 0 aliphatic heterocycles. The molecule has 22 heavy (non-hydrogen) atoms. The number of furan rings is 1. The van der Waals surface area contributed by atoms with E-state index < -0.39 is 0 Å². The zero-order valence-corrected chi connectivity index (χ0v) is 13.1. The van der Waals surface area contributed by atoms with Crippen LogP contribution in [0.3, 0.4) is 0 Å². The van der Waals surface area contributed by atoms with Gasteiger partial charge in [-0.3, -0.25) is 9.59 Å². The van der Waals surface area contributed by atoms with Crippen LogP contribution in [0.4, 0.5) is 5.13 Å². The Bertz CT molecular complexity index is 661. The number of hydrogen-bond acceptors (Lipinski definition) is 5. The van der Waals surface area contributed by atoms with Crippen LogP contribution in [-0.2, 0) is 4.79 Å². The lowest BCUT2D eigenvalue weighted by Gasteiger charge is -2.20. The zero-order chi connectivity index (χ0) is 15.5. The molecule has 1 aliphatic rings. The first-order valence-corrected chi connectivity index (χ1v) is 7.98. The third-order valence-corrected chi connectivity index (χ3v) is 4.22. The van der Waals surface area contributed by atoms with Gasteiger partial charge < -0.3 is 14.6 Å². The fourth-order valence-electron chi connectivity index (χ4n) is 2.13. The minimum absolute atomic E-state index is 0.00859. The van der Waals surface area contributed by atoms with E-state index in [0.717, 1.165) is 17.7 Å². The van der Waals surface area contributed by atoms with Crippen LogP contribution < -0.4 is 5.32 Å². The largest absolute Gasteiger partial charge is 0.459 e. The highest BCUT2D eigenvalue weighted by Crippen LogP contribution is 2.30. The quantitative estimate of drug-likeness (QED) is 0.888. The molecule has 6 nitrogen and oxygen atoms in total. The van der Waals surface area contributed by atoms with Gasteiger partial charge in [0.05, 0.1) is 6.26 Å². The number of carbonyl (C=O) groups excluding carboxylic acids is 2. The molecule has 0 bridgehead atoms. The van der Waals surface area contributed by atoms with Gasteiger partial charge in [0.25, 0.3) is 5.91 Å². The summed E-state index contributed by atoms with van der Waals surface area (Å²) in [6.07, 6.45) is 5.38. The fourth-order valence-corrected chi connectivity index (χ4v) is 2.81. The molecular formula is C15H17N3O3S. The Morgan fingerprint density at radius 2 is 2.32 bits per heavy atom. The summed E-state index contributed by atoms with van der Waals surface area (Å²) in [4.78, 5) is 31.2. The molecule has 7 heteroatoms. The van der Waals surface area contributed by atoms with Crippen LogP contribution in [0.2, 0.25) is 0 Å². The lowest BCUT2D eigenvalue weighted by atomic mass is 10.3. The normalized spacial score (nSPS) is 13.9. The molecule has 1 saturated carbocycles. The molecule has 0 atom stereocenters. The summed E-state index contributed by atoms with van der Waals surface area (Å²) >= 11 is 1.41. The Labute approximate surface area is 132 Å². The van der Waals surface area contributed by atoms with Gasteiger partial charge in [-0.25, -0.2) is 4.98 Å². The van der Waals surface area contributed by atoms with Crippen molar-refractivity contribution in [2.24, 2.45) is 5.92 Å². The Morgan fingerprint density at radius 1 is 1.50 bits per heavy atom. The molecular weight excluding hydrogens is 302 g/mol. The van der Waals surface area contributed by atoms with E-state index in [0.29, 0.717) is 17.6 Å². The Morgan fingerprint density at radius 3 is 2.91 bits per heavy atom. The molecule has 2 aromatic heterocycles. The highest BCUT2D eigenvalue weighted by atomic mass is 32.1. The lowest BCUT2D eigenvalue weighted by molar-refractivity contribution is -0.116. The van der Waals surface area contributed by atoms with Gasteiger partial charge in [0, 0.05) is 17.6 Å². The highest BCUT2D eigenvalue weighted by molar-refractivity contribution is 7.15. The number of amides is 2. The summed E-state index contributed by atoms with van der Waals surface area (Å²) < 4.78 is 5.15. The highest BCUT2D eigenvalue weighted by Gasteiger charge is 2.29. The van der Waals surface area contributed by atoms with Crippen LogP contribution in [-0.4, -0.2) is 34.8 Å². The number of thiazole rings is 1. The lowest BCUT2D eigenvalue weighted by Crippen LogP contribution is -2.39. The van der Waals surface area contributed by atoms with Crippen LogP contribution in [0.15, 0.2) is 29.0 Å². The van der Waals surface area contributed by atoms with Crippen LogP contribution in [0.1, 0.15) is 28.3 Å². The van der Waals surface area contributed by atoms with E-state index in [9.17, 15) is 9.59 Å². The molecule has 0 saturated heterocycles. The van der Waals surface area contributed by atoms with E-state index in [2.05, 4.69) is 10.3 Å². The van der Waals surface area contributed by atoms with E-state index in [-0.39, 0.29) is 24.1 Å². The van der Waals surface area contributed by atoms with Crippen molar-refractivity contribution in [2.75, 3.05) is 18.4 Å². The van der Waals surface area contributed by atoms with E-state index in [1.165, 1.54) is 17.6 Å². The van der Waals surface area contributed by atoms with Crippen molar-refractivity contribution in [3.8, 4) is 0 Å². The predicted molar refractivity (Wildman–Crippen MR) is 82.8 cm³/mol. The van der Waals surface area contributed by atoms with Crippen molar-refractivity contribution in [1.29, 1.82) is 0 Å². The van der Waals surface area contributed by atoms with Crippen LogP contribution in [0.5, 0.6) is 0 Å². The summed E-state index contributed by atoms with van der Waals surface area (Å²) in [5, 5.41) is 3.29. The van der Waals surface area contributed by atoms with Crippen molar-refractivity contribution in [3.63, 3.8) is 0 Å².